The van der Waals surface area contributed by atoms with Crippen LogP contribution >= 0.6 is 11.6 Å². The molecule has 0 radical (unpaired) electrons. The summed E-state index contributed by atoms with van der Waals surface area (Å²) < 4.78 is 30.0. The van der Waals surface area contributed by atoms with Crippen molar-refractivity contribution in [3.63, 3.8) is 0 Å². The molecule has 0 saturated heterocycles. The van der Waals surface area contributed by atoms with Gasteiger partial charge in [0.25, 0.3) is 0 Å². The molecule has 2 aliphatic rings. The van der Waals surface area contributed by atoms with E-state index in [1.807, 2.05) is 4.57 Å². The van der Waals surface area contributed by atoms with Crippen molar-refractivity contribution in [2.75, 3.05) is 0 Å². The molecule has 7 heteroatoms. The van der Waals surface area contributed by atoms with Crippen molar-refractivity contribution >= 4 is 28.5 Å². The minimum atomic E-state index is -0.551. The molecular weight excluding hydrogens is 456 g/mol. The van der Waals surface area contributed by atoms with Crippen LogP contribution in [0.25, 0.3) is 22.4 Å². The summed E-state index contributed by atoms with van der Waals surface area (Å²) in [5, 5.41) is 3.32. The Labute approximate surface area is 203 Å². The van der Waals surface area contributed by atoms with Gasteiger partial charge in [-0.05, 0) is 61.9 Å². The van der Waals surface area contributed by atoms with Crippen molar-refractivity contribution < 1.29 is 13.6 Å². The van der Waals surface area contributed by atoms with Gasteiger partial charge in [-0.1, -0.05) is 50.1 Å². The molecule has 0 aliphatic heterocycles. The molecule has 2 fully saturated rings. The summed E-state index contributed by atoms with van der Waals surface area (Å²) in [6, 6.07) is 8.64. The first-order chi connectivity index (χ1) is 16.5. The maximum Gasteiger partial charge on any atom is 0.243 e. The van der Waals surface area contributed by atoms with Crippen molar-refractivity contribution in [2.24, 2.45) is 5.92 Å². The highest BCUT2D eigenvalue weighted by molar-refractivity contribution is 6.31. The summed E-state index contributed by atoms with van der Waals surface area (Å²) in [5.74, 6) is -0.240. The van der Waals surface area contributed by atoms with Crippen LogP contribution in [0.2, 0.25) is 5.02 Å². The van der Waals surface area contributed by atoms with Gasteiger partial charge in [-0.15, -0.1) is 0 Å². The third-order valence-electron chi connectivity index (χ3n) is 7.43. The number of hydrogen-bond donors (Lipinski definition) is 1. The first-order valence-corrected chi connectivity index (χ1v) is 12.8. The highest BCUT2D eigenvalue weighted by atomic mass is 35.5. The average molecular weight is 486 g/mol. The van der Waals surface area contributed by atoms with Gasteiger partial charge in [-0.3, -0.25) is 4.79 Å². The molecule has 1 heterocycles. The lowest BCUT2D eigenvalue weighted by atomic mass is 9.82. The van der Waals surface area contributed by atoms with Gasteiger partial charge < -0.3 is 9.88 Å². The molecule has 0 bridgehead atoms. The van der Waals surface area contributed by atoms with E-state index in [-0.39, 0.29) is 28.7 Å². The van der Waals surface area contributed by atoms with E-state index in [4.69, 9.17) is 16.6 Å². The van der Waals surface area contributed by atoms with Gasteiger partial charge in [-0.25, -0.2) is 13.8 Å². The minimum Gasteiger partial charge on any atom is -0.352 e. The summed E-state index contributed by atoms with van der Waals surface area (Å²) in [6.07, 6.45) is 10.7. The zero-order valence-corrected chi connectivity index (χ0v) is 20.0. The molecule has 2 aliphatic carbocycles. The number of carbonyl (C=O) groups excluding carboxylic acids is 1. The van der Waals surface area contributed by atoms with E-state index in [0.717, 1.165) is 51.4 Å². The topological polar surface area (TPSA) is 46.9 Å². The van der Waals surface area contributed by atoms with Crippen molar-refractivity contribution in [2.45, 2.75) is 76.3 Å². The number of nitrogens with zero attached hydrogens (tertiary/aromatic N) is 2. The summed E-state index contributed by atoms with van der Waals surface area (Å²) in [5.41, 5.74) is 1.74. The van der Waals surface area contributed by atoms with E-state index in [0.29, 0.717) is 22.4 Å². The third-order valence-corrected chi connectivity index (χ3v) is 7.72. The molecule has 1 atom stereocenters. The van der Waals surface area contributed by atoms with Gasteiger partial charge in [0.1, 0.15) is 23.5 Å². The molecule has 1 amide bonds. The van der Waals surface area contributed by atoms with Crippen LogP contribution in [0, 0.1) is 17.6 Å². The number of amides is 1. The van der Waals surface area contributed by atoms with Crippen molar-refractivity contribution in [1.82, 2.24) is 14.9 Å². The summed E-state index contributed by atoms with van der Waals surface area (Å²) in [6.45, 7) is 0. The molecule has 4 nitrogen and oxygen atoms in total. The molecule has 5 rings (SSSR count). The zero-order chi connectivity index (χ0) is 23.7. The number of fused-ring (bicyclic) bond motifs is 1. The first-order valence-electron chi connectivity index (χ1n) is 12.4. The number of rotatable bonds is 5. The lowest BCUT2D eigenvalue weighted by Crippen LogP contribution is -2.43. The number of benzene rings is 2. The van der Waals surface area contributed by atoms with Gasteiger partial charge >= 0.3 is 0 Å². The van der Waals surface area contributed by atoms with Crippen LogP contribution in [0.4, 0.5) is 8.78 Å². The van der Waals surface area contributed by atoms with Crippen molar-refractivity contribution in [1.29, 1.82) is 0 Å². The van der Waals surface area contributed by atoms with Crippen molar-refractivity contribution in [3.8, 4) is 11.4 Å². The van der Waals surface area contributed by atoms with Crippen LogP contribution in [0.1, 0.15) is 70.3 Å². The quantitative estimate of drug-likeness (QED) is 0.415. The predicted octanol–water partition coefficient (Wildman–Crippen LogP) is 7.21. The lowest BCUT2D eigenvalue weighted by molar-refractivity contribution is -0.127. The predicted molar refractivity (Wildman–Crippen MR) is 131 cm³/mol. The van der Waals surface area contributed by atoms with E-state index in [1.165, 1.54) is 31.0 Å². The van der Waals surface area contributed by atoms with E-state index in [9.17, 15) is 13.6 Å². The Hall–Kier alpha value is -2.47. The Morgan fingerprint density at radius 2 is 1.62 bits per heavy atom. The number of hydrogen-bond acceptors (Lipinski definition) is 2. The summed E-state index contributed by atoms with van der Waals surface area (Å²) in [7, 11) is 0. The van der Waals surface area contributed by atoms with E-state index >= 15 is 0 Å². The maximum atomic E-state index is 14.4. The average Bonchev–Trinajstić information content (AvgIpc) is 3.19. The van der Waals surface area contributed by atoms with Crippen LogP contribution in [-0.2, 0) is 4.79 Å². The number of nitrogens with one attached hydrogen (secondary N) is 1. The normalized spacial score (nSPS) is 18.8. The molecule has 3 aromatic rings. The highest BCUT2D eigenvalue weighted by Gasteiger charge is 2.35. The Morgan fingerprint density at radius 1 is 0.971 bits per heavy atom. The fourth-order valence-electron chi connectivity index (χ4n) is 5.70. The van der Waals surface area contributed by atoms with Gasteiger partial charge in [0, 0.05) is 17.7 Å². The number of imidazole rings is 1. The SMILES string of the molecule is O=C(NC1CCCCC1)C(C1CCCCC1)n1c(-c2ccc(F)cc2)nc2cc(F)c(Cl)cc21. The molecule has 1 aromatic heterocycles. The first kappa shape index (κ1) is 23.3. The smallest absolute Gasteiger partial charge is 0.243 e. The van der Waals surface area contributed by atoms with Crippen LogP contribution in [0.5, 0.6) is 0 Å². The van der Waals surface area contributed by atoms with Crippen LogP contribution < -0.4 is 5.32 Å². The standard InChI is InChI=1S/C27H30ClF2N3O/c28-21-15-24-23(16-22(21)30)32-26(18-11-13-19(29)14-12-18)33(24)25(17-7-3-1-4-8-17)27(34)31-20-9-5-2-6-10-20/h11-17,20,25H,1-10H2,(H,31,34). The fraction of sp³-hybridized carbons (Fsp3) is 0.481. The van der Waals surface area contributed by atoms with Crippen LogP contribution in [0.3, 0.4) is 0 Å². The Kier molecular flexibility index (Phi) is 6.87. The summed E-state index contributed by atoms with van der Waals surface area (Å²) in [4.78, 5) is 18.6. The molecule has 180 valence electrons. The van der Waals surface area contributed by atoms with Crippen LogP contribution in [0.15, 0.2) is 36.4 Å². The molecule has 34 heavy (non-hydrogen) atoms. The number of carbonyl (C=O) groups is 1. The monoisotopic (exact) mass is 485 g/mol. The van der Waals surface area contributed by atoms with Gasteiger partial charge in [0.2, 0.25) is 5.91 Å². The second-order valence-corrected chi connectivity index (χ2v) is 10.2. The van der Waals surface area contributed by atoms with E-state index in [2.05, 4.69) is 5.32 Å². The Balaban J connectivity index is 1.65. The molecule has 2 aromatic carbocycles. The second-order valence-electron chi connectivity index (χ2n) is 9.75. The highest BCUT2D eigenvalue weighted by Crippen LogP contribution is 2.39. The molecular formula is C27H30ClF2N3O. The van der Waals surface area contributed by atoms with Gasteiger partial charge in [0.05, 0.1) is 16.1 Å². The van der Waals surface area contributed by atoms with E-state index in [1.54, 1.807) is 18.2 Å². The Bertz CT molecular complexity index is 1160. The van der Waals surface area contributed by atoms with Crippen molar-refractivity contribution in [3.05, 3.63) is 53.1 Å². The molecule has 1 unspecified atom stereocenters. The van der Waals surface area contributed by atoms with Gasteiger partial charge in [0.15, 0.2) is 0 Å². The zero-order valence-electron chi connectivity index (χ0n) is 19.2. The molecule has 2 saturated carbocycles. The Morgan fingerprint density at radius 3 is 2.29 bits per heavy atom. The molecule has 1 N–H and O–H groups in total. The number of aromatic nitrogens is 2. The van der Waals surface area contributed by atoms with E-state index < -0.39 is 11.9 Å². The molecule has 0 spiro atoms. The summed E-state index contributed by atoms with van der Waals surface area (Å²) >= 11 is 6.20. The lowest BCUT2D eigenvalue weighted by Gasteiger charge is -2.33. The largest absolute Gasteiger partial charge is 0.352 e. The van der Waals surface area contributed by atoms with Crippen LogP contribution in [-0.4, -0.2) is 21.5 Å². The number of halogens is 3. The second kappa shape index (κ2) is 10.0. The third kappa shape index (κ3) is 4.70. The minimum absolute atomic E-state index is 0.00520. The van der Waals surface area contributed by atoms with Gasteiger partial charge in [-0.2, -0.15) is 0 Å². The fourth-order valence-corrected chi connectivity index (χ4v) is 5.86. The maximum absolute atomic E-state index is 14.4.